The molecule has 2 unspecified atom stereocenters. The van der Waals surface area contributed by atoms with Crippen molar-refractivity contribution in [1.29, 1.82) is 0 Å². The van der Waals surface area contributed by atoms with Crippen LogP contribution in [-0.4, -0.2) is 5.78 Å². The van der Waals surface area contributed by atoms with Gasteiger partial charge in [-0.05, 0) is 36.5 Å². The van der Waals surface area contributed by atoms with Gasteiger partial charge in [-0.15, -0.1) is 0 Å². The van der Waals surface area contributed by atoms with E-state index in [1.54, 1.807) is 12.1 Å². The van der Waals surface area contributed by atoms with Crippen LogP contribution in [-0.2, 0) is 11.2 Å². The van der Waals surface area contributed by atoms with Crippen molar-refractivity contribution in [2.24, 2.45) is 11.8 Å². The third kappa shape index (κ3) is 2.86. The lowest BCUT2D eigenvalue weighted by Crippen LogP contribution is -2.19. The molecule has 92 valence electrons. The van der Waals surface area contributed by atoms with Gasteiger partial charge < -0.3 is 0 Å². The van der Waals surface area contributed by atoms with Gasteiger partial charge in [0.15, 0.2) is 0 Å². The minimum absolute atomic E-state index is 0.116. The van der Waals surface area contributed by atoms with Crippen molar-refractivity contribution < 1.29 is 9.18 Å². The van der Waals surface area contributed by atoms with Gasteiger partial charge in [-0.25, -0.2) is 4.39 Å². The number of benzene rings is 1. The summed E-state index contributed by atoms with van der Waals surface area (Å²) in [6.45, 7) is 2.10. The first kappa shape index (κ1) is 12.6. The van der Waals surface area contributed by atoms with E-state index in [9.17, 15) is 9.18 Å². The van der Waals surface area contributed by atoms with Gasteiger partial charge in [0.05, 0.1) is 0 Å². The number of carbonyl (C=O) groups is 1. The van der Waals surface area contributed by atoms with Gasteiger partial charge in [-0.2, -0.15) is 0 Å². The molecule has 0 aliphatic heterocycles. The van der Waals surface area contributed by atoms with Gasteiger partial charge in [-0.1, -0.05) is 31.0 Å². The summed E-state index contributed by atoms with van der Waals surface area (Å²) in [6.07, 6.45) is 3.37. The van der Waals surface area contributed by atoms with E-state index >= 15 is 0 Å². The van der Waals surface area contributed by atoms with Crippen LogP contribution in [0.4, 0.5) is 4.39 Å². The van der Waals surface area contributed by atoms with Gasteiger partial charge in [-0.3, -0.25) is 4.79 Å². The second-order valence-electron chi connectivity index (χ2n) is 4.89. The number of halogens is 2. The minimum atomic E-state index is -0.378. The highest BCUT2D eigenvalue weighted by Crippen LogP contribution is 2.32. The first-order valence-electron chi connectivity index (χ1n) is 6.04. The molecule has 2 atom stereocenters. The van der Waals surface area contributed by atoms with Crippen molar-refractivity contribution in [3.8, 4) is 0 Å². The quantitative estimate of drug-likeness (QED) is 0.796. The number of ketones is 1. The molecular formula is C14H16ClFO. The Kier molecular flexibility index (Phi) is 3.82. The molecule has 0 bridgehead atoms. The number of hydrogen-bond donors (Lipinski definition) is 0. The Morgan fingerprint density at radius 2 is 2.24 bits per heavy atom. The fourth-order valence-electron chi connectivity index (χ4n) is 2.61. The van der Waals surface area contributed by atoms with Crippen LogP contribution in [0.3, 0.4) is 0 Å². The second kappa shape index (κ2) is 5.18. The zero-order chi connectivity index (χ0) is 12.4. The Morgan fingerprint density at radius 3 is 2.82 bits per heavy atom. The Morgan fingerprint density at radius 1 is 1.47 bits per heavy atom. The van der Waals surface area contributed by atoms with E-state index in [4.69, 9.17) is 11.6 Å². The maximum Gasteiger partial charge on any atom is 0.140 e. The SMILES string of the molecule is CC1CCCC1C(=O)Cc1ccc(Cl)cc1F. The zero-order valence-corrected chi connectivity index (χ0v) is 10.6. The summed E-state index contributed by atoms with van der Waals surface area (Å²) in [7, 11) is 0. The third-order valence-corrected chi connectivity index (χ3v) is 3.89. The average Bonchev–Trinajstić information content (AvgIpc) is 2.68. The van der Waals surface area contributed by atoms with Crippen LogP contribution in [0.5, 0.6) is 0 Å². The fraction of sp³-hybridized carbons (Fsp3) is 0.500. The predicted octanol–water partition coefficient (Wildman–Crippen LogP) is 4.03. The molecular weight excluding hydrogens is 239 g/mol. The zero-order valence-electron chi connectivity index (χ0n) is 9.88. The third-order valence-electron chi connectivity index (χ3n) is 3.65. The number of Topliss-reactive ketones (excluding diaryl/α,β-unsaturated/α-hetero) is 1. The second-order valence-corrected chi connectivity index (χ2v) is 5.33. The maximum atomic E-state index is 13.6. The van der Waals surface area contributed by atoms with Crippen molar-refractivity contribution in [3.63, 3.8) is 0 Å². The highest BCUT2D eigenvalue weighted by molar-refractivity contribution is 6.30. The van der Waals surface area contributed by atoms with Crippen LogP contribution in [0.25, 0.3) is 0 Å². The lowest BCUT2D eigenvalue weighted by Gasteiger charge is -2.14. The molecule has 0 aromatic heterocycles. The summed E-state index contributed by atoms with van der Waals surface area (Å²) in [4.78, 5) is 12.1. The average molecular weight is 255 g/mol. The molecule has 0 spiro atoms. The van der Waals surface area contributed by atoms with E-state index < -0.39 is 0 Å². The van der Waals surface area contributed by atoms with E-state index in [0.29, 0.717) is 16.5 Å². The number of rotatable bonds is 3. The van der Waals surface area contributed by atoms with Crippen LogP contribution in [0.2, 0.25) is 5.02 Å². The van der Waals surface area contributed by atoms with E-state index in [-0.39, 0.29) is 23.9 Å². The molecule has 1 aromatic carbocycles. The van der Waals surface area contributed by atoms with Crippen LogP contribution >= 0.6 is 11.6 Å². The molecule has 1 aliphatic carbocycles. The molecule has 2 rings (SSSR count). The molecule has 0 amide bonds. The van der Waals surface area contributed by atoms with Crippen molar-refractivity contribution in [2.45, 2.75) is 32.6 Å². The summed E-state index contributed by atoms with van der Waals surface area (Å²) < 4.78 is 13.6. The van der Waals surface area contributed by atoms with Crippen molar-refractivity contribution in [2.75, 3.05) is 0 Å². The Balaban J connectivity index is 2.07. The van der Waals surface area contributed by atoms with E-state index in [2.05, 4.69) is 6.92 Å². The Hall–Kier alpha value is -0.890. The van der Waals surface area contributed by atoms with Crippen molar-refractivity contribution >= 4 is 17.4 Å². The number of hydrogen-bond acceptors (Lipinski definition) is 1. The van der Waals surface area contributed by atoms with Crippen LogP contribution in [0, 0.1) is 17.7 Å². The summed E-state index contributed by atoms with van der Waals surface area (Å²) in [5.74, 6) is 0.343. The fourth-order valence-corrected chi connectivity index (χ4v) is 2.77. The Bertz CT molecular complexity index is 430. The molecule has 1 fully saturated rings. The van der Waals surface area contributed by atoms with Gasteiger partial charge in [0.2, 0.25) is 0 Å². The van der Waals surface area contributed by atoms with Crippen LogP contribution in [0.15, 0.2) is 18.2 Å². The molecule has 0 N–H and O–H groups in total. The van der Waals surface area contributed by atoms with Gasteiger partial charge in [0.1, 0.15) is 11.6 Å². The summed E-state index contributed by atoms with van der Waals surface area (Å²) in [5.41, 5.74) is 0.457. The van der Waals surface area contributed by atoms with E-state index in [1.165, 1.54) is 6.07 Å². The van der Waals surface area contributed by atoms with Crippen molar-refractivity contribution in [3.05, 3.63) is 34.6 Å². The molecule has 1 aliphatic rings. The summed E-state index contributed by atoms with van der Waals surface area (Å²) in [6, 6.07) is 4.50. The molecule has 1 nitrogen and oxygen atoms in total. The normalized spacial score (nSPS) is 23.9. The smallest absolute Gasteiger partial charge is 0.140 e. The minimum Gasteiger partial charge on any atom is -0.299 e. The lowest BCUT2D eigenvalue weighted by atomic mass is 9.90. The molecule has 0 heterocycles. The maximum absolute atomic E-state index is 13.6. The molecule has 0 radical (unpaired) electrons. The van der Waals surface area contributed by atoms with Gasteiger partial charge >= 0.3 is 0 Å². The van der Waals surface area contributed by atoms with E-state index in [1.807, 2.05) is 0 Å². The van der Waals surface area contributed by atoms with Crippen LogP contribution in [0.1, 0.15) is 31.7 Å². The largest absolute Gasteiger partial charge is 0.299 e. The molecule has 1 saturated carbocycles. The highest BCUT2D eigenvalue weighted by Gasteiger charge is 2.29. The Labute approximate surface area is 106 Å². The lowest BCUT2D eigenvalue weighted by molar-refractivity contribution is -0.123. The predicted molar refractivity (Wildman–Crippen MR) is 66.6 cm³/mol. The molecule has 17 heavy (non-hydrogen) atoms. The van der Waals surface area contributed by atoms with Gasteiger partial charge in [0, 0.05) is 17.4 Å². The highest BCUT2D eigenvalue weighted by atomic mass is 35.5. The topological polar surface area (TPSA) is 17.1 Å². The van der Waals surface area contributed by atoms with E-state index in [0.717, 1.165) is 19.3 Å². The van der Waals surface area contributed by atoms with Crippen LogP contribution < -0.4 is 0 Å². The monoisotopic (exact) mass is 254 g/mol. The van der Waals surface area contributed by atoms with Crippen molar-refractivity contribution in [1.82, 2.24) is 0 Å². The molecule has 0 saturated heterocycles. The molecule has 3 heteroatoms. The summed E-state index contributed by atoms with van der Waals surface area (Å²) >= 11 is 5.68. The summed E-state index contributed by atoms with van der Waals surface area (Å²) in [5, 5.41) is 0.368. The molecule has 1 aromatic rings. The number of carbonyl (C=O) groups excluding carboxylic acids is 1. The first-order valence-corrected chi connectivity index (χ1v) is 6.42. The first-order chi connectivity index (χ1) is 8.08. The standard InChI is InChI=1S/C14H16ClFO/c1-9-3-2-4-12(9)14(17)7-10-5-6-11(15)8-13(10)16/h5-6,8-9,12H,2-4,7H2,1H3. The van der Waals surface area contributed by atoms with Gasteiger partial charge in [0.25, 0.3) is 0 Å².